The van der Waals surface area contributed by atoms with Gasteiger partial charge in [-0.25, -0.2) is 4.98 Å². The van der Waals surface area contributed by atoms with Crippen LogP contribution in [0.1, 0.15) is 81.6 Å². The van der Waals surface area contributed by atoms with E-state index < -0.39 is 0 Å². The van der Waals surface area contributed by atoms with Crippen LogP contribution >= 0.6 is 12.4 Å². The van der Waals surface area contributed by atoms with Gasteiger partial charge < -0.3 is 20.1 Å². The first kappa shape index (κ1) is 25.5. The van der Waals surface area contributed by atoms with Gasteiger partial charge in [0.15, 0.2) is 5.78 Å². The maximum absolute atomic E-state index is 13.2. The van der Waals surface area contributed by atoms with Crippen LogP contribution in [0.25, 0.3) is 0 Å². The first-order valence-corrected chi connectivity index (χ1v) is 11.4. The first-order valence-electron chi connectivity index (χ1n) is 11.4. The van der Waals surface area contributed by atoms with Crippen molar-refractivity contribution in [3.05, 3.63) is 51.7 Å². The number of amides is 1. The van der Waals surface area contributed by atoms with Crippen LogP contribution in [0.15, 0.2) is 18.2 Å². The monoisotopic (exact) mass is 486 g/mol. The lowest BCUT2D eigenvalue weighted by Crippen LogP contribution is -2.30. The van der Waals surface area contributed by atoms with Crippen LogP contribution in [-0.2, 0) is 6.54 Å². The van der Waals surface area contributed by atoms with Gasteiger partial charge in [-0.1, -0.05) is 12.8 Å². The summed E-state index contributed by atoms with van der Waals surface area (Å²) in [6, 6.07) is 5.16. The molecule has 9 heteroatoms. The number of rotatable bonds is 7. The zero-order valence-corrected chi connectivity index (χ0v) is 20.6. The molecule has 1 aliphatic heterocycles. The molecule has 34 heavy (non-hydrogen) atoms. The molecule has 1 aliphatic carbocycles. The van der Waals surface area contributed by atoms with Gasteiger partial charge >= 0.3 is 0 Å². The van der Waals surface area contributed by atoms with Gasteiger partial charge in [-0.2, -0.15) is 0 Å². The lowest BCUT2D eigenvalue weighted by Gasteiger charge is -2.19. The maximum Gasteiger partial charge on any atom is 0.256 e. The summed E-state index contributed by atoms with van der Waals surface area (Å²) in [5.74, 6) is 0.503. The molecule has 3 N–H and O–H groups in total. The number of pyridine rings is 1. The maximum atomic E-state index is 13.2. The first-order chi connectivity index (χ1) is 15.8. The molecular weight excluding hydrogens is 456 g/mol. The van der Waals surface area contributed by atoms with Crippen LogP contribution in [0.2, 0.25) is 0 Å². The molecular formula is C25H31ClN4O4. The number of aromatic hydroxyl groups is 1. The third kappa shape index (κ3) is 4.73. The molecule has 1 saturated carbocycles. The number of aromatic nitrogens is 1. The number of fused-ring (bicyclic) bond motifs is 1. The molecule has 0 spiro atoms. The Morgan fingerprint density at radius 3 is 2.62 bits per heavy atom. The fourth-order valence-electron chi connectivity index (χ4n) is 4.75. The molecule has 4 rings (SSSR count). The second kappa shape index (κ2) is 10.4. The van der Waals surface area contributed by atoms with Crippen molar-refractivity contribution in [2.24, 2.45) is 0 Å². The van der Waals surface area contributed by atoms with E-state index in [1.165, 1.54) is 7.05 Å². The van der Waals surface area contributed by atoms with Gasteiger partial charge in [0.1, 0.15) is 17.1 Å². The van der Waals surface area contributed by atoms with Crippen LogP contribution in [0, 0.1) is 12.3 Å². The fraction of sp³-hybridized carbons (Fsp3) is 0.440. The smallest absolute Gasteiger partial charge is 0.256 e. The fourth-order valence-corrected chi connectivity index (χ4v) is 4.75. The molecule has 0 atom stereocenters. The SMILES string of the molecule is CCOc1nc2c(cc1C(=O)NC)C(=N)N(CC(=O)c1cc(C)c(O)c(C3CCCC3)c1)C2.Cl. The largest absolute Gasteiger partial charge is 0.507 e. The molecule has 2 heterocycles. The molecule has 2 aromatic rings. The van der Waals surface area contributed by atoms with Crippen molar-refractivity contribution in [1.29, 1.82) is 5.41 Å². The molecule has 8 nitrogen and oxygen atoms in total. The molecule has 1 fully saturated rings. The van der Waals surface area contributed by atoms with Gasteiger partial charge in [-0.15, -0.1) is 12.4 Å². The van der Waals surface area contributed by atoms with Gasteiger partial charge in [-0.05, 0) is 61.9 Å². The average Bonchev–Trinajstić information content (AvgIpc) is 3.43. The lowest BCUT2D eigenvalue weighted by atomic mass is 9.91. The molecule has 182 valence electrons. The van der Waals surface area contributed by atoms with Gasteiger partial charge in [-0.3, -0.25) is 15.0 Å². The highest BCUT2D eigenvalue weighted by Gasteiger charge is 2.31. The van der Waals surface area contributed by atoms with E-state index in [9.17, 15) is 14.7 Å². The van der Waals surface area contributed by atoms with Gasteiger partial charge in [0.2, 0.25) is 5.88 Å². The zero-order chi connectivity index (χ0) is 23.7. The Hall–Kier alpha value is -3.13. The van der Waals surface area contributed by atoms with Crippen molar-refractivity contribution >= 4 is 29.9 Å². The quantitative estimate of drug-likeness (QED) is 0.510. The van der Waals surface area contributed by atoms with Gasteiger partial charge in [0.25, 0.3) is 5.91 Å². The topological polar surface area (TPSA) is 116 Å². The average molecular weight is 487 g/mol. The highest BCUT2D eigenvalue weighted by molar-refractivity contribution is 6.07. The standard InChI is InChI=1S/C25H30N4O4.ClH/c1-4-33-25-19(24(32)27-3)11-18-20(28-25)12-29(23(18)26)13-21(30)16-9-14(2)22(31)17(10-16)15-7-5-6-8-15;/h9-11,15,26,31H,4-8,12-13H2,1-3H3,(H,27,32);1H. The summed E-state index contributed by atoms with van der Waals surface area (Å²) in [5, 5.41) is 21.7. The van der Waals surface area contributed by atoms with Crippen molar-refractivity contribution in [3.8, 4) is 11.6 Å². The summed E-state index contributed by atoms with van der Waals surface area (Å²) in [4.78, 5) is 31.6. The van der Waals surface area contributed by atoms with E-state index in [1.807, 2.05) is 19.9 Å². The zero-order valence-electron chi connectivity index (χ0n) is 19.7. The minimum absolute atomic E-state index is 0. The Morgan fingerprint density at radius 1 is 1.26 bits per heavy atom. The molecule has 0 bridgehead atoms. The van der Waals surface area contributed by atoms with E-state index in [0.29, 0.717) is 35.5 Å². The summed E-state index contributed by atoms with van der Waals surface area (Å²) >= 11 is 0. The van der Waals surface area contributed by atoms with Crippen LogP contribution in [0.5, 0.6) is 11.6 Å². The third-order valence-corrected chi connectivity index (χ3v) is 6.51. The number of hydrogen-bond donors (Lipinski definition) is 3. The number of hydrogen-bond acceptors (Lipinski definition) is 6. The summed E-state index contributed by atoms with van der Waals surface area (Å²) in [6.07, 6.45) is 4.33. The van der Waals surface area contributed by atoms with Crippen LogP contribution in [-0.4, -0.2) is 52.7 Å². The second-order valence-electron chi connectivity index (χ2n) is 8.69. The molecule has 0 radical (unpaired) electrons. The number of benzene rings is 1. The number of Topliss-reactive ketones (excluding diaryl/α,β-unsaturated/α-hetero) is 1. The lowest BCUT2D eigenvalue weighted by molar-refractivity contribution is 0.0952. The summed E-state index contributed by atoms with van der Waals surface area (Å²) < 4.78 is 5.54. The molecule has 1 amide bonds. The predicted octanol–water partition coefficient (Wildman–Crippen LogP) is 3.96. The van der Waals surface area contributed by atoms with Crippen LogP contribution < -0.4 is 10.1 Å². The molecule has 1 aromatic carbocycles. The highest BCUT2D eigenvalue weighted by atomic mass is 35.5. The molecule has 0 saturated heterocycles. The Morgan fingerprint density at radius 2 is 1.97 bits per heavy atom. The van der Waals surface area contributed by atoms with E-state index in [-0.39, 0.29) is 59.6 Å². The summed E-state index contributed by atoms with van der Waals surface area (Å²) in [6.45, 7) is 4.30. The minimum atomic E-state index is -0.338. The highest BCUT2D eigenvalue weighted by Crippen LogP contribution is 2.40. The molecule has 2 aliphatic rings. The summed E-state index contributed by atoms with van der Waals surface area (Å²) in [5.41, 5.74) is 3.50. The Labute approximate surface area is 205 Å². The van der Waals surface area contributed by atoms with E-state index in [2.05, 4.69) is 10.3 Å². The Kier molecular flexibility index (Phi) is 7.82. The number of ketones is 1. The van der Waals surface area contributed by atoms with Crippen LogP contribution in [0.4, 0.5) is 0 Å². The van der Waals surface area contributed by atoms with Crippen LogP contribution in [0.3, 0.4) is 0 Å². The van der Waals surface area contributed by atoms with Crippen molar-refractivity contribution in [2.45, 2.75) is 52.0 Å². The number of nitrogens with one attached hydrogen (secondary N) is 2. The minimum Gasteiger partial charge on any atom is -0.507 e. The summed E-state index contributed by atoms with van der Waals surface area (Å²) in [7, 11) is 1.53. The number of phenolic OH excluding ortho intramolecular Hbond substituents is 1. The normalized spacial score (nSPS) is 15.1. The second-order valence-corrected chi connectivity index (χ2v) is 8.69. The number of carbonyl (C=O) groups excluding carboxylic acids is 2. The van der Waals surface area contributed by atoms with E-state index in [1.54, 1.807) is 17.0 Å². The number of aryl methyl sites for hydroxylation is 1. The number of halogens is 1. The van der Waals surface area contributed by atoms with E-state index in [4.69, 9.17) is 10.1 Å². The Balaban J connectivity index is 0.00000324. The predicted molar refractivity (Wildman–Crippen MR) is 132 cm³/mol. The number of ether oxygens (including phenoxy) is 1. The van der Waals surface area contributed by atoms with Crippen molar-refractivity contribution in [3.63, 3.8) is 0 Å². The van der Waals surface area contributed by atoms with Crippen molar-refractivity contribution < 1.29 is 19.4 Å². The number of nitrogens with zero attached hydrogens (tertiary/aromatic N) is 2. The number of phenols is 1. The molecule has 0 unspecified atom stereocenters. The van der Waals surface area contributed by atoms with Crippen molar-refractivity contribution in [2.75, 3.05) is 20.2 Å². The van der Waals surface area contributed by atoms with Crippen molar-refractivity contribution in [1.82, 2.24) is 15.2 Å². The van der Waals surface area contributed by atoms with Gasteiger partial charge in [0, 0.05) is 18.2 Å². The number of amidine groups is 1. The molecule has 1 aromatic heterocycles. The van der Waals surface area contributed by atoms with E-state index in [0.717, 1.165) is 31.2 Å². The third-order valence-electron chi connectivity index (χ3n) is 6.51. The van der Waals surface area contributed by atoms with Gasteiger partial charge in [0.05, 0.1) is 25.4 Å². The number of carbonyl (C=O) groups is 2. The Bertz CT molecular complexity index is 1130. The van der Waals surface area contributed by atoms with E-state index >= 15 is 0 Å².